The molecule has 2 rings (SSSR count). The van der Waals surface area contributed by atoms with Crippen LogP contribution in [0.15, 0.2) is 16.6 Å². The van der Waals surface area contributed by atoms with Gasteiger partial charge in [-0.25, -0.2) is 4.39 Å². The average Bonchev–Trinajstić information content (AvgIpc) is 2.36. The molecule has 0 radical (unpaired) electrons. The Morgan fingerprint density at radius 3 is 2.53 bits per heavy atom. The van der Waals surface area contributed by atoms with Crippen LogP contribution in [0.5, 0.6) is 0 Å². The second kappa shape index (κ2) is 5.43. The molecule has 0 atom stereocenters. The van der Waals surface area contributed by atoms with Crippen LogP contribution in [0.1, 0.15) is 16.7 Å². The molecule has 0 aliphatic rings. The fourth-order valence-corrected chi connectivity index (χ4v) is 2.24. The quantitative estimate of drug-likeness (QED) is 0.858. The Morgan fingerprint density at radius 1 is 1.16 bits per heavy atom. The lowest BCUT2D eigenvalue weighted by atomic mass is 10.1. The minimum Gasteiger partial charge on any atom is -0.338 e. The van der Waals surface area contributed by atoms with Gasteiger partial charge in [0.2, 0.25) is 0 Å². The molecule has 1 aromatic carbocycles. The number of halogens is 3. The summed E-state index contributed by atoms with van der Waals surface area (Å²) in [6, 6.07) is 3.13. The van der Waals surface area contributed by atoms with Crippen LogP contribution >= 0.6 is 27.5 Å². The van der Waals surface area contributed by atoms with Gasteiger partial charge in [0.25, 0.3) is 0 Å². The average molecular weight is 345 g/mol. The van der Waals surface area contributed by atoms with Gasteiger partial charge in [0.05, 0.1) is 4.47 Å². The second-order valence-electron chi connectivity index (χ2n) is 4.30. The molecule has 0 unspecified atom stereocenters. The predicted octanol–water partition coefficient (Wildman–Crippen LogP) is 4.70. The number of hydrogen-bond donors (Lipinski definition) is 1. The highest BCUT2D eigenvalue weighted by Gasteiger charge is 2.11. The van der Waals surface area contributed by atoms with Crippen LogP contribution < -0.4 is 5.32 Å². The molecule has 0 aliphatic heterocycles. The summed E-state index contributed by atoms with van der Waals surface area (Å²) >= 11 is 9.05. The minimum atomic E-state index is -0.329. The van der Waals surface area contributed by atoms with E-state index >= 15 is 0 Å². The Morgan fingerprint density at radius 2 is 1.84 bits per heavy atom. The molecule has 0 fully saturated rings. The fourth-order valence-electron chi connectivity index (χ4n) is 1.60. The highest BCUT2D eigenvalue weighted by atomic mass is 79.9. The lowest BCUT2D eigenvalue weighted by Crippen LogP contribution is -2.03. The van der Waals surface area contributed by atoms with Gasteiger partial charge in [0.15, 0.2) is 11.0 Å². The first kappa shape index (κ1) is 14.2. The van der Waals surface area contributed by atoms with Gasteiger partial charge in [-0.3, -0.25) is 0 Å². The maximum Gasteiger partial charge on any atom is 0.156 e. The van der Waals surface area contributed by atoms with E-state index in [9.17, 15) is 4.39 Å². The van der Waals surface area contributed by atoms with E-state index < -0.39 is 0 Å². The van der Waals surface area contributed by atoms with E-state index in [0.29, 0.717) is 21.1 Å². The van der Waals surface area contributed by atoms with Crippen molar-refractivity contribution in [2.45, 2.75) is 20.8 Å². The van der Waals surface area contributed by atoms with Crippen molar-refractivity contribution in [3.05, 3.63) is 44.3 Å². The number of hydrogen-bond acceptors (Lipinski definition) is 3. The molecule has 19 heavy (non-hydrogen) atoms. The molecule has 0 amide bonds. The summed E-state index contributed by atoms with van der Waals surface area (Å²) < 4.78 is 14.0. The molecule has 0 aliphatic carbocycles. The van der Waals surface area contributed by atoms with Gasteiger partial charge in [-0.05, 0) is 65.5 Å². The zero-order valence-corrected chi connectivity index (χ0v) is 13.0. The Kier molecular flexibility index (Phi) is 4.06. The van der Waals surface area contributed by atoms with Crippen LogP contribution in [-0.4, -0.2) is 10.2 Å². The zero-order valence-electron chi connectivity index (χ0n) is 10.7. The van der Waals surface area contributed by atoms with Crippen molar-refractivity contribution < 1.29 is 4.39 Å². The van der Waals surface area contributed by atoms with Crippen LogP contribution in [-0.2, 0) is 0 Å². The number of benzene rings is 1. The molecule has 0 spiro atoms. The van der Waals surface area contributed by atoms with Gasteiger partial charge in [-0.2, -0.15) is 0 Å². The van der Waals surface area contributed by atoms with E-state index in [1.165, 1.54) is 6.07 Å². The second-order valence-corrected chi connectivity index (χ2v) is 5.51. The van der Waals surface area contributed by atoms with Gasteiger partial charge in [-0.1, -0.05) is 11.6 Å². The Bertz CT molecular complexity index is 646. The molecule has 100 valence electrons. The van der Waals surface area contributed by atoms with Crippen molar-refractivity contribution in [1.82, 2.24) is 10.2 Å². The summed E-state index contributed by atoms with van der Waals surface area (Å²) in [6.45, 7) is 5.65. The molecular formula is C13H12BrClFN3. The summed E-state index contributed by atoms with van der Waals surface area (Å²) in [7, 11) is 0. The van der Waals surface area contributed by atoms with Crippen molar-refractivity contribution in [3.8, 4) is 0 Å². The van der Waals surface area contributed by atoms with Crippen molar-refractivity contribution in [2.75, 3.05) is 5.32 Å². The minimum absolute atomic E-state index is 0.329. The number of nitrogens with one attached hydrogen (secondary N) is 1. The van der Waals surface area contributed by atoms with Crippen molar-refractivity contribution in [2.24, 2.45) is 0 Å². The van der Waals surface area contributed by atoms with E-state index in [2.05, 4.69) is 31.4 Å². The number of nitrogens with zero attached hydrogens (tertiary/aromatic N) is 2. The van der Waals surface area contributed by atoms with Crippen molar-refractivity contribution in [1.29, 1.82) is 0 Å². The summed E-state index contributed by atoms with van der Waals surface area (Å²) in [6.07, 6.45) is 0. The van der Waals surface area contributed by atoms with E-state index in [4.69, 9.17) is 11.6 Å². The third kappa shape index (κ3) is 2.87. The smallest absolute Gasteiger partial charge is 0.156 e. The maximum absolute atomic E-state index is 13.6. The van der Waals surface area contributed by atoms with Gasteiger partial charge in [0.1, 0.15) is 5.82 Å². The van der Waals surface area contributed by atoms with Crippen LogP contribution in [0.4, 0.5) is 15.9 Å². The molecule has 1 heterocycles. The Balaban J connectivity index is 2.42. The van der Waals surface area contributed by atoms with E-state index in [1.54, 1.807) is 6.07 Å². The molecule has 3 nitrogen and oxygen atoms in total. The summed E-state index contributed by atoms with van der Waals surface area (Å²) in [5.41, 5.74) is 3.30. The number of aryl methyl sites for hydroxylation is 1. The van der Waals surface area contributed by atoms with E-state index in [-0.39, 0.29) is 5.82 Å². The summed E-state index contributed by atoms with van der Waals surface area (Å²) in [4.78, 5) is 0. The lowest BCUT2D eigenvalue weighted by molar-refractivity contribution is 0.621. The topological polar surface area (TPSA) is 37.8 Å². The van der Waals surface area contributed by atoms with Gasteiger partial charge >= 0.3 is 0 Å². The maximum atomic E-state index is 13.6. The Labute approximate surface area is 124 Å². The normalized spacial score (nSPS) is 10.6. The van der Waals surface area contributed by atoms with Crippen LogP contribution in [0.3, 0.4) is 0 Å². The summed E-state index contributed by atoms with van der Waals surface area (Å²) in [5.74, 6) is 0.246. The van der Waals surface area contributed by atoms with Crippen LogP contribution in [0.25, 0.3) is 0 Å². The predicted molar refractivity (Wildman–Crippen MR) is 78.6 cm³/mol. The van der Waals surface area contributed by atoms with Gasteiger partial charge in [0, 0.05) is 5.69 Å². The Hall–Kier alpha value is -1.20. The first-order chi connectivity index (χ1) is 8.90. The highest BCUT2D eigenvalue weighted by Crippen LogP contribution is 2.28. The van der Waals surface area contributed by atoms with Crippen molar-refractivity contribution >= 4 is 39.0 Å². The first-order valence-electron chi connectivity index (χ1n) is 5.62. The molecule has 0 saturated heterocycles. The third-order valence-electron chi connectivity index (χ3n) is 2.99. The number of anilines is 2. The fraction of sp³-hybridized carbons (Fsp3) is 0.231. The van der Waals surface area contributed by atoms with Crippen LogP contribution in [0, 0.1) is 26.6 Å². The highest BCUT2D eigenvalue weighted by molar-refractivity contribution is 9.10. The zero-order chi connectivity index (χ0) is 14.2. The van der Waals surface area contributed by atoms with Crippen molar-refractivity contribution in [3.63, 3.8) is 0 Å². The molecule has 1 N–H and O–H groups in total. The van der Waals surface area contributed by atoms with E-state index in [1.807, 2.05) is 20.8 Å². The molecule has 6 heteroatoms. The first-order valence-corrected chi connectivity index (χ1v) is 6.79. The third-order valence-corrected chi connectivity index (χ3v) is 3.95. The van der Waals surface area contributed by atoms with E-state index in [0.717, 1.165) is 16.7 Å². The number of aromatic nitrogens is 2. The largest absolute Gasteiger partial charge is 0.338 e. The molecule has 1 aromatic heterocycles. The number of rotatable bonds is 2. The molecule has 0 bridgehead atoms. The standard InChI is InChI=1S/C13H12BrClFN3/c1-6-4-9(14)10(16)5-11(6)17-13-8(3)7(2)12(15)18-19-13/h4-5H,1-3H3,(H,17,19). The monoisotopic (exact) mass is 343 g/mol. The van der Waals surface area contributed by atoms with Gasteiger partial charge in [-0.15, -0.1) is 10.2 Å². The molecule has 0 saturated carbocycles. The molecule has 2 aromatic rings. The summed E-state index contributed by atoms with van der Waals surface area (Å²) in [5, 5.41) is 11.3. The van der Waals surface area contributed by atoms with Gasteiger partial charge < -0.3 is 5.32 Å². The SMILES string of the molecule is Cc1cc(Br)c(F)cc1Nc1nnc(Cl)c(C)c1C. The van der Waals surface area contributed by atoms with Crippen LogP contribution in [0.2, 0.25) is 5.15 Å². The lowest BCUT2D eigenvalue weighted by Gasteiger charge is -2.13. The molecular weight excluding hydrogens is 333 g/mol.